The van der Waals surface area contributed by atoms with Crippen molar-refractivity contribution in [2.24, 2.45) is 0 Å². The van der Waals surface area contributed by atoms with E-state index in [9.17, 15) is 8.42 Å². The van der Waals surface area contributed by atoms with Gasteiger partial charge in [0, 0.05) is 17.3 Å². The van der Waals surface area contributed by atoms with Gasteiger partial charge in [-0.3, -0.25) is 0 Å². The monoisotopic (exact) mass is 289 g/mol. The van der Waals surface area contributed by atoms with Crippen molar-refractivity contribution >= 4 is 16.2 Å². The number of hydrogen-bond donors (Lipinski definition) is 0. The van der Waals surface area contributed by atoms with Crippen molar-refractivity contribution in [2.75, 3.05) is 7.11 Å². The fourth-order valence-electron chi connectivity index (χ4n) is 1.91. The molecule has 3 rings (SSSR count). The zero-order valence-corrected chi connectivity index (χ0v) is 11.4. The van der Waals surface area contributed by atoms with Gasteiger partial charge in [-0.15, -0.1) is 0 Å². The summed E-state index contributed by atoms with van der Waals surface area (Å²) in [6, 6.07) is 9.36. The molecule has 1 aromatic heterocycles. The molecule has 6 heteroatoms. The van der Waals surface area contributed by atoms with Gasteiger partial charge < -0.3 is 8.92 Å². The third kappa shape index (κ3) is 2.37. The molecule has 0 radical (unpaired) electrons. The van der Waals surface area contributed by atoms with Crippen LogP contribution in [-0.4, -0.2) is 20.5 Å². The van der Waals surface area contributed by atoms with E-state index < -0.39 is 10.1 Å². The van der Waals surface area contributed by atoms with E-state index in [2.05, 4.69) is 4.98 Å². The molecule has 0 saturated carbocycles. The highest BCUT2D eigenvalue weighted by atomic mass is 32.2. The van der Waals surface area contributed by atoms with Gasteiger partial charge >= 0.3 is 10.1 Å². The molecule has 0 atom stereocenters. The van der Waals surface area contributed by atoms with Gasteiger partial charge in [0.05, 0.1) is 12.5 Å². The number of benzene rings is 1. The molecule has 1 aromatic carbocycles. The van der Waals surface area contributed by atoms with E-state index in [1.165, 1.54) is 6.08 Å². The second-order valence-corrected chi connectivity index (χ2v) is 5.65. The van der Waals surface area contributed by atoms with Crippen LogP contribution >= 0.6 is 0 Å². The Morgan fingerprint density at radius 1 is 1.20 bits per heavy atom. The Hall–Kier alpha value is -2.34. The zero-order valence-electron chi connectivity index (χ0n) is 10.6. The van der Waals surface area contributed by atoms with Crippen LogP contribution in [0, 0.1) is 0 Å². The van der Waals surface area contributed by atoms with Crippen molar-refractivity contribution < 1.29 is 17.3 Å². The van der Waals surface area contributed by atoms with E-state index in [-0.39, 0.29) is 5.88 Å². The lowest BCUT2D eigenvalue weighted by molar-refractivity contribution is 0.415. The van der Waals surface area contributed by atoms with E-state index in [1.54, 1.807) is 13.3 Å². The highest BCUT2D eigenvalue weighted by Crippen LogP contribution is 2.30. The van der Waals surface area contributed by atoms with Crippen LogP contribution in [0.15, 0.2) is 41.9 Å². The first-order valence-electron chi connectivity index (χ1n) is 5.84. The van der Waals surface area contributed by atoms with Crippen molar-refractivity contribution in [1.82, 2.24) is 4.98 Å². The van der Waals surface area contributed by atoms with E-state index in [4.69, 9.17) is 8.92 Å². The molecule has 0 aliphatic carbocycles. The fourth-order valence-corrected chi connectivity index (χ4v) is 2.64. The molecule has 0 amide bonds. The average Bonchev–Trinajstić information content (AvgIpc) is 2.46. The normalized spacial score (nSPS) is 15.2. The first-order chi connectivity index (χ1) is 9.57. The topological polar surface area (TPSA) is 65.5 Å². The summed E-state index contributed by atoms with van der Waals surface area (Å²) >= 11 is 0. The summed E-state index contributed by atoms with van der Waals surface area (Å²) in [5.41, 5.74) is 2.41. The van der Waals surface area contributed by atoms with Crippen LogP contribution < -0.4 is 8.92 Å². The molecule has 5 nitrogen and oxygen atoms in total. The minimum absolute atomic E-state index is 0.0964. The van der Waals surface area contributed by atoms with Crippen molar-refractivity contribution in [3.63, 3.8) is 0 Å². The lowest BCUT2D eigenvalue weighted by Gasteiger charge is -2.12. The van der Waals surface area contributed by atoms with E-state index in [1.807, 2.05) is 30.3 Å². The van der Waals surface area contributed by atoms with Crippen LogP contribution in [0.1, 0.15) is 5.56 Å². The smallest absolute Gasteiger partial charge is 0.333 e. The molecule has 1 aliphatic heterocycles. The quantitative estimate of drug-likeness (QED) is 0.794. The van der Waals surface area contributed by atoms with Gasteiger partial charge in [-0.25, -0.2) is 4.98 Å². The van der Waals surface area contributed by atoms with Gasteiger partial charge in [0.1, 0.15) is 5.75 Å². The fraction of sp³-hybridized carbons (Fsp3) is 0.0714. The van der Waals surface area contributed by atoms with Crippen LogP contribution in [0.5, 0.6) is 11.6 Å². The number of nitrogens with zero attached hydrogens (tertiary/aromatic N) is 1. The highest BCUT2D eigenvalue weighted by Gasteiger charge is 2.18. The van der Waals surface area contributed by atoms with Crippen molar-refractivity contribution in [3.8, 4) is 22.8 Å². The SMILES string of the molecule is COc1cccc(-c2cnc3c(c2)C=CS(=O)(=O)O3)c1. The van der Waals surface area contributed by atoms with Gasteiger partial charge in [0.2, 0.25) is 5.88 Å². The van der Waals surface area contributed by atoms with Gasteiger partial charge in [0.15, 0.2) is 0 Å². The Labute approximate surface area is 116 Å². The second-order valence-electron chi connectivity index (χ2n) is 4.23. The van der Waals surface area contributed by atoms with Crippen LogP contribution in [0.25, 0.3) is 17.2 Å². The van der Waals surface area contributed by atoms with Crippen molar-refractivity contribution in [3.05, 3.63) is 47.5 Å². The summed E-state index contributed by atoms with van der Waals surface area (Å²) in [4.78, 5) is 4.05. The molecular formula is C14H11NO4S. The predicted molar refractivity (Wildman–Crippen MR) is 74.8 cm³/mol. The molecule has 1 aliphatic rings. The molecule has 0 bridgehead atoms. The maximum atomic E-state index is 11.3. The van der Waals surface area contributed by atoms with Crippen molar-refractivity contribution in [1.29, 1.82) is 0 Å². The molecule has 0 spiro atoms. The minimum Gasteiger partial charge on any atom is -0.497 e. The van der Waals surface area contributed by atoms with E-state index in [0.717, 1.165) is 22.3 Å². The van der Waals surface area contributed by atoms with E-state index in [0.29, 0.717) is 5.56 Å². The number of rotatable bonds is 2. The molecule has 2 heterocycles. The lowest BCUT2D eigenvalue weighted by atomic mass is 10.1. The predicted octanol–water partition coefficient (Wildman–Crippen LogP) is 2.45. The number of methoxy groups -OCH3 is 1. The molecule has 2 aromatic rings. The average molecular weight is 289 g/mol. The van der Waals surface area contributed by atoms with E-state index >= 15 is 0 Å². The second kappa shape index (κ2) is 4.64. The molecule has 20 heavy (non-hydrogen) atoms. The van der Waals surface area contributed by atoms with Crippen LogP contribution in [0.3, 0.4) is 0 Å². The Kier molecular flexibility index (Phi) is 2.94. The first-order valence-corrected chi connectivity index (χ1v) is 7.31. The summed E-state index contributed by atoms with van der Waals surface area (Å²) in [5.74, 6) is 0.841. The maximum absolute atomic E-state index is 11.3. The van der Waals surface area contributed by atoms with Crippen LogP contribution in [-0.2, 0) is 10.1 Å². The molecule has 0 saturated heterocycles. The molecule has 0 N–H and O–H groups in total. The number of pyridine rings is 1. The molecular weight excluding hydrogens is 278 g/mol. The number of fused-ring (bicyclic) bond motifs is 1. The number of aromatic nitrogens is 1. The molecule has 102 valence electrons. The Morgan fingerprint density at radius 2 is 2.05 bits per heavy atom. The molecule has 0 unspecified atom stereocenters. The summed E-state index contributed by atoms with van der Waals surface area (Å²) in [6.45, 7) is 0. The number of hydrogen-bond acceptors (Lipinski definition) is 5. The summed E-state index contributed by atoms with van der Waals surface area (Å²) in [5, 5.41) is 1.02. The van der Waals surface area contributed by atoms with Crippen LogP contribution in [0.2, 0.25) is 0 Å². The first kappa shape index (κ1) is 12.7. The van der Waals surface area contributed by atoms with Gasteiger partial charge in [-0.2, -0.15) is 8.42 Å². The largest absolute Gasteiger partial charge is 0.497 e. The standard InChI is InChI=1S/C14H11NO4S/c1-18-13-4-2-3-10(8-13)12-7-11-5-6-20(16,17)19-14(11)15-9-12/h2-9H,1H3. The number of ether oxygens (including phenoxy) is 1. The van der Waals surface area contributed by atoms with Gasteiger partial charge in [-0.1, -0.05) is 12.1 Å². The highest BCUT2D eigenvalue weighted by molar-refractivity contribution is 7.90. The summed E-state index contributed by atoms with van der Waals surface area (Å²) < 4.78 is 32.6. The Balaban J connectivity index is 2.05. The zero-order chi connectivity index (χ0) is 14.2. The van der Waals surface area contributed by atoms with Gasteiger partial charge in [0.25, 0.3) is 0 Å². The third-order valence-electron chi connectivity index (χ3n) is 2.89. The minimum atomic E-state index is -3.65. The lowest BCUT2D eigenvalue weighted by Crippen LogP contribution is -2.10. The summed E-state index contributed by atoms with van der Waals surface area (Å²) in [6.07, 6.45) is 3.05. The Morgan fingerprint density at radius 3 is 2.85 bits per heavy atom. The Bertz CT molecular complexity index is 797. The summed E-state index contributed by atoms with van der Waals surface area (Å²) in [7, 11) is -2.04. The third-order valence-corrected chi connectivity index (χ3v) is 3.75. The van der Waals surface area contributed by atoms with Crippen LogP contribution in [0.4, 0.5) is 0 Å². The maximum Gasteiger partial charge on any atom is 0.333 e. The molecule has 0 fully saturated rings. The van der Waals surface area contributed by atoms with Crippen molar-refractivity contribution in [2.45, 2.75) is 0 Å². The van der Waals surface area contributed by atoms with Gasteiger partial charge in [-0.05, 0) is 29.8 Å².